The molecule has 3 heterocycles. The standard InChI is InChI=1S/C22H38N4/c1-4-18(3)26-14-7-19(8-15-26)6-11-25-12-9-20(10-13-25)21-16-23-22(5-2)24-17-21/h16-20H,4-15H2,1-3H3. The third-order valence-electron chi connectivity index (χ3n) is 6.82. The van der Waals surface area contributed by atoms with Crippen LogP contribution in [-0.4, -0.2) is 58.5 Å². The first-order valence-corrected chi connectivity index (χ1v) is 11.0. The first kappa shape index (κ1) is 19.8. The van der Waals surface area contributed by atoms with Crippen LogP contribution in [0.25, 0.3) is 0 Å². The maximum Gasteiger partial charge on any atom is 0.127 e. The average Bonchev–Trinajstić information content (AvgIpc) is 2.72. The molecule has 146 valence electrons. The molecule has 2 saturated heterocycles. The van der Waals surface area contributed by atoms with E-state index in [1.54, 1.807) is 0 Å². The molecule has 1 aromatic rings. The van der Waals surface area contributed by atoms with Gasteiger partial charge in [-0.25, -0.2) is 9.97 Å². The van der Waals surface area contributed by atoms with E-state index in [-0.39, 0.29) is 0 Å². The fraction of sp³-hybridized carbons (Fsp3) is 0.818. The molecule has 2 aliphatic heterocycles. The minimum Gasteiger partial charge on any atom is -0.303 e. The molecule has 1 unspecified atom stereocenters. The molecule has 0 radical (unpaired) electrons. The molecule has 0 N–H and O–H groups in total. The smallest absolute Gasteiger partial charge is 0.127 e. The first-order chi connectivity index (χ1) is 12.7. The molecule has 2 fully saturated rings. The van der Waals surface area contributed by atoms with Crippen LogP contribution in [0.4, 0.5) is 0 Å². The first-order valence-electron chi connectivity index (χ1n) is 11.0. The third kappa shape index (κ3) is 5.26. The van der Waals surface area contributed by atoms with Gasteiger partial charge in [0, 0.05) is 24.9 Å². The number of likely N-dealkylation sites (tertiary alicyclic amines) is 2. The Bertz CT molecular complexity index is 513. The van der Waals surface area contributed by atoms with Gasteiger partial charge >= 0.3 is 0 Å². The van der Waals surface area contributed by atoms with Crippen LogP contribution in [0, 0.1) is 5.92 Å². The normalized spacial score (nSPS) is 22.6. The summed E-state index contributed by atoms with van der Waals surface area (Å²) in [4.78, 5) is 14.4. The molecule has 0 saturated carbocycles. The lowest BCUT2D eigenvalue weighted by molar-refractivity contribution is 0.122. The van der Waals surface area contributed by atoms with Crippen molar-refractivity contribution < 1.29 is 0 Å². The summed E-state index contributed by atoms with van der Waals surface area (Å²) in [7, 11) is 0. The molecule has 4 heteroatoms. The van der Waals surface area contributed by atoms with Crippen molar-refractivity contribution in [3.05, 3.63) is 23.8 Å². The summed E-state index contributed by atoms with van der Waals surface area (Å²) >= 11 is 0. The quantitative estimate of drug-likeness (QED) is 0.734. The monoisotopic (exact) mass is 358 g/mol. The van der Waals surface area contributed by atoms with E-state index < -0.39 is 0 Å². The van der Waals surface area contributed by atoms with Crippen LogP contribution >= 0.6 is 0 Å². The summed E-state index contributed by atoms with van der Waals surface area (Å²) in [6, 6.07) is 0.769. The van der Waals surface area contributed by atoms with Crippen molar-refractivity contribution in [3.8, 4) is 0 Å². The van der Waals surface area contributed by atoms with Gasteiger partial charge in [0.05, 0.1) is 0 Å². The zero-order chi connectivity index (χ0) is 18.4. The molecule has 0 aliphatic carbocycles. The Kier molecular flexibility index (Phi) is 7.44. The van der Waals surface area contributed by atoms with Crippen molar-refractivity contribution in [1.29, 1.82) is 0 Å². The highest BCUT2D eigenvalue weighted by atomic mass is 15.2. The van der Waals surface area contributed by atoms with Crippen molar-refractivity contribution in [1.82, 2.24) is 19.8 Å². The summed E-state index contributed by atoms with van der Waals surface area (Å²) in [6.07, 6.45) is 13.1. The minimum absolute atomic E-state index is 0.663. The van der Waals surface area contributed by atoms with E-state index in [9.17, 15) is 0 Å². The predicted molar refractivity (Wildman–Crippen MR) is 108 cm³/mol. The van der Waals surface area contributed by atoms with Crippen molar-refractivity contribution in [3.63, 3.8) is 0 Å². The van der Waals surface area contributed by atoms with Gasteiger partial charge in [-0.2, -0.15) is 0 Å². The zero-order valence-electron chi connectivity index (χ0n) is 17.2. The molecule has 2 aliphatic rings. The van der Waals surface area contributed by atoms with Gasteiger partial charge in [-0.3, -0.25) is 0 Å². The number of nitrogens with zero attached hydrogens (tertiary/aromatic N) is 4. The fourth-order valence-electron chi connectivity index (χ4n) is 4.55. The second-order valence-electron chi connectivity index (χ2n) is 8.43. The Morgan fingerprint density at radius 3 is 2.23 bits per heavy atom. The predicted octanol–water partition coefficient (Wildman–Crippen LogP) is 4.12. The highest BCUT2D eigenvalue weighted by Gasteiger charge is 2.24. The zero-order valence-corrected chi connectivity index (χ0v) is 17.2. The molecule has 4 nitrogen and oxygen atoms in total. The van der Waals surface area contributed by atoms with Gasteiger partial charge < -0.3 is 9.80 Å². The van der Waals surface area contributed by atoms with Crippen LogP contribution in [-0.2, 0) is 6.42 Å². The number of hydrogen-bond donors (Lipinski definition) is 0. The lowest BCUT2D eigenvalue weighted by Gasteiger charge is -2.37. The van der Waals surface area contributed by atoms with Gasteiger partial charge in [-0.1, -0.05) is 13.8 Å². The van der Waals surface area contributed by atoms with Gasteiger partial charge in [0.1, 0.15) is 5.82 Å². The molecule has 0 amide bonds. The average molecular weight is 359 g/mol. The van der Waals surface area contributed by atoms with E-state index in [1.165, 1.54) is 76.8 Å². The van der Waals surface area contributed by atoms with Gasteiger partial charge in [0.2, 0.25) is 0 Å². The Hall–Kier alpha value is -1.00. The Morgan fingerprint density at radius 1 is 1.00 bits per heavy atom. The summed E-state index contributed by atoms with van der Waals surface area (Å²) < 4.78 is 0. The van der Waals surface area contributed by atoms with Crippen molar-refractivity contribution >= 4 is 0 Å². The molecule has 26 heavy (non-hydrogen) atoms. The number of hydrogen-bond acceptors (Lipinski definition) is 4. The van der Waals surface area contributed by atoms with Crippen molar-refractivity contribution in [2.45, 2.75) is 77.7 Å². The third-order valence-corrected chi connectivity index (χ3v) is 6.82. The van der Waals surface area contributed by atoms with Crippen LogP contribution in [0.15, 0.2) is 12.4 Å². The van der Waals surface area contributed by atoms with Crippen LogP contribution in [0.3, 0.4) is 0 Å². The fourth-order valence-corrected chi connectivity index (χ4v) is 4.55. The molecule has 0 aromatic carbocycles. The lowest BCUT2D eigenvalue weighted by atomic mass is 9.89. The van der Waals surface area contributed by atoms with E-state index in [4.69, 9.17) is 0 Å². The molecule has 1 aromatic heterocycles. The van der Waals surface area contributed by atoms with Crippen LogP contribution in [0.1, 0.15) is 76.6 Å². The van der Waals surface area contributed by atoms with E-state index in [0.717, 1.165) is 24.2 Å². The topological polar surface area (TPSA) is 32.3 Å². The van der Waals surface area contributed by atoms with E-state index >= 15 is 0 Å². The Morgan fingerprint density at radius 2 is 1.65 bits per heavy atom. The SMILES string of the molecule is CCc1ncc(C2CCN(CCC3CCN(C(C)CC)CC3)CC2)cn1. The van der Waals surface area contributed by atoms with Crippen LogP contribution < -0.4 is 0 Å². The summed E-state index contributed by atoms with van der Waals surface area (Å²) in [5, 5.41) is 0. The summed E-state index contributed by atoms with van der Waals surface area (Å²) in [5.74, 6) is 2.57. The molecule has 0 bridgehead atoms. The largest absolute Gasteiger partial charge is 0.303 e. The van der Waals surface area contributed by atoms with Gasteiger partial charge in [0.25, 0.3) is 0 Å². The Labute approximate surface area is 160 Å². The number of piperidine rings is 2. The summed E-state index contributed by atoms with van der Waals surface area (Å²) in [5.41, 5.74) is 1.35. The molecule has 3 rings (SSSR count). The van der Waals surface area contributed by atoms with Crippen molar-refractivity contribution in [2.24, 2.45) is 5.92 Å². The number of rotatable bonds is 7. The Balaban J connectivity index is 1.35. The second kappa shape index (κ2) is 9.80. The van der Waals surface area contributed by atoms with E-state index in [0.29, 0.717) is 5.92 Å². The van der Waals surface area contributed by atoms with Crippen LogP contribution in [0.5, 0.6) is 0 Å². The molecular weight excluding hydrogens is 320 g/mol. The van der Waals surface area contributed by atoms with E-state index in [1.807, 2.05) is 0 Å². The van der Waals surface area contributed by atoms with E-state index in [2.05, 4.69) is 52.9 Å². The molecular formula is C22H38N4. The van der Waals surface area contributed by atoms with Crippen LogP contribution in [0.2, 0.25) is 0 Å². The highest BCUT2D eigenvalue weighted by molar-refractivity contribution is 5.13. The summed E-state index contributed by atoms with van der Waals surface area (Å²) in [6.45, 7) is 13.2. The van der Waals surface area contributed by atoms with Gasteiger partial charge in [-0.15, -0.1) is 0 Å². The second-order valence-corrected chi connectivity index (χ2v) is 8.43. The van der Waals surface area contributed by atoms with Crippen molar-refractivity contribution in [2.75, 3.05) is 32.7 Å². The van der Waals surface area contributed by atoms with Gasteiger partial charge in [-0.05, 0) is 95.6 Å². The maximum absolute atomic E-state index is 4.48. The lowest BCUT2D eigenvalue weighted by Crippen LogP contribution is -2.40. The maximum atomic E-state index is 4.48. The highest BCUT2D eigenvalue weighted by Crippen LogP contribution is 2.28. The van der Waals surface area contributed by atoms with Gasteiger partial charge in [0.15, 0.2) is 0 Å². The molecule has 0 spiro atoms. The number of aromatic nitrogens is 2. The minimum atomic E-state index is 0.663. The number of aryl methyl sites for hydroxylation is 1. The molecule has 1 atom stereocenters.